The van der Waals surface area contributed by atoms with Crippen molar-refractivity contribution in [3.05, 3.63) is 106 Å². The van der Waals surface area contributed by atoms with Gasteiger partial charge in [0.2, 0.25) is 0 Å². The number of rotatable bonds is 6. The minimum Gasteiger partial charge on any atom is -0.355 e. The van der Waals surface area contributed by atoms with Crippen LogP contribution < -0.4 is 10.6 Å². The summed E-state index contributed by atoms with van der Waals surface area (Å²) in [5.41, 5.74) is 1.96. The smallest absolute Gasteiger partial charge is 0.294 e. The molecule has 0 fully saturated rings. The van der Waals surface area contributed by atoms with Crippen molar-refractivity contribution in [1.82, 2.24) is 0 Å². The Morgan fingerprint density at radius 1 is 0.575 bits per heavy atom. The second kappa shape index (κ2) is 9.68. The van der Waals surface area contributed by atoms with Gasteiger partial charge in [-0.25, -0.2) is 0 Å². The number of hydrogen-bond donors (Lipinski definition) is 4. The minimum atomic E-state index is -4.52. The number of fused-ring (bicyclic) bond motifs is 2. The molecule has 4 N–H and O–H groups in total. The molecule has 12 heteroatoms. The average Bonchev–Trinajstić information content (AvgIpc) is 2.88. The number of nitrogens with one attached hydrogen (secondary N) is 2. The van der Waals surface area contributed by atoms with Crippen molar-refractivity contribution < 1.29 is 35.5 Å². The fourth-order valence-electron chi connectivity index (χ4n) is 4.65. The van der Waals surface area contributed by atoms with E-state index in [1.807, 2.05) is 0 Å². The number of aryl methyl sites for hydroxylation is 2. The average molecular weight is 579 g/mol. The fourth-order valence-corrected chi connectivity index (χ4v) is 6.16. The molecule has 0 radical (unpaired) electrons. The van der Waals surface area contributed by atoms with E-state index in [9.17, 15) is 35.5 Å². The number of ketones is 2. The Bertz CT molecular complexity index is 1820. The monoisotopic (exact) mass is 578 g/mol. The van der Waals surface area contributed by atoms with Gasteiger partial charge in [-0.1, -0.05) is 36.4 Å². The molecular formula is C28H22N2O8S2. The molecule has 4 aromatic rings. The molecule has 5 rings (SSSR count). The number of carbonyl (C=O) groups is 2. The molecule has 0 saturated carbocycles. The Kier molecular flexibility index (Phi) is 6.59. The summed E-state index contributed by atoms with van der Waals surface area (Å²) in [4.78, 5) is 26.8. The molecule has 40 heavy (non-hydrogen) atoms. The highest BCUT2D eigenvalue weighted by atomic mass is 32.2. The van der Waals surface area contributed by atoms with Gasteiger partial charge in [0.15, 0.2) is 11.6 Å². The van der Waals surface area contributed by atoms with Crippen LogP contribution in [0.3, 0.4) is 0 Å². The van der Waals surface area contributed by atoms with E-state index in [-0.39, 0.29) is 54.8 Å². The number of benzene rings is 4. The van der Waals surface area contributed by atoms with Gasteiger partial charge >= 0.3 is 0 Å². The highest BCUT2D eigenvalue weighted by molar-refractivity contribution is 7.86. The quantitative estimate of drug-likeness (QED) is 0.200. The molecule has 1 aliphatic carbocycles. The Hall–Kier alpha value is -4.36. The lowest BCUT2D eigenvalue weighted by Crippen LogP contribution is -2.23. The van der Waals surface area contributed by atoms with Crippen LogP contribution >= 0.6 is 0 Å². The summed E-state index contributed by atoms with van der Waals surface area (Å²) < 4.78 is 66.4. The van der Waals surface area contributed by atoms with Gasteiger partial charge < -0.3 is 10.6 Å². The standard InChI is InChI=1S/C28H22N2O8S2/c1-15-7-9-17(13-23(15)39(33,34)35)29-21-11-12-22(30-18-10-8-16(2)24(14-18)40(36,37)38)26-25(21)27(31)19-5-3-4-6-20(19)28(26)32/h3-14,29-30H,1-2H3,(H,33,34,35)(H,36,37,38). The third kappa shape index (κ3) is 4.89. The number of anilines is 4. The van der Waals surface area contributed by atoms with Crippen LogP contribution in [-0.2, 0) is 20.2 Å². The molecule has 10 nitrogen and oxygen atoms in total. The molecule has 0 aliphatic heterocycles. The summed E-state index contributed by atoms with van der Waals surface area (Å²) in [7, 11) is -9.03. The first-order chi connectivity index (χ1) is 18.8. The molecule has 4 aromatic carbocycles. The second-order valence-electron chi connectivity index (χ2n) is 9.28. The van der Waals surface area contributed by atoms with Crippen LogP contribution in [0.25, 0.3) is 0 Å². The summed E-state index contributed by atoms with van der Waals surface area (Å²) in [6, 6.07) is 17.9. The highest BCUT2D eigenvalue weighted by Gasteiger charge is 2.34. The van der Waals surface area contributed by atoms with Crippen LogP contribution in [0, 0.1) is 13.8 Å². The van der Waals surface area contributed by atoms with Crippen LogP contribution in [-0.4, -0.2) is 37.5 Å². The second-order valence-corrected chi connectivity index (χ2v) is 12.1. The van der Waals surface area contributed by atoms with Crippen molar-refractivity contribution in [1.29, 1.82) is 0 Å². The maximum atomic E-state index is 13.7. The lowest BCUT2D eigenvalue weighted by atomic mass is 9.82. The molecule has 0 aromatic heterocycles. The van der Waals surface area contributed by atoms with Crippen molar-refractivity contribution in [3.8, 4) is 0 Å². The molecule has 1 aliphatic rings. The molecule has 0 spiro atoms. The number of hydrogen-bond acceptors (Lipinski definition) is 8. The largest absolute Gasteiger partial charge is 0.355 e. The molecule has 204 valence electrons. The van der Waals surface area contributed by atoms with E-state index in [1.165, 1.54) is 62.4 Å². The van der Waals surface area contributed by atoms with E-state index in [0.29, 0.717) is 11.1 Å². The minimum absolute atomic E-state index is 0.0183. The zero-order valence-corrected chi connectivity index (χ0v) is 22.7. The van der Waals surface area contributed by atoms with Crippen molar-refractivity contribution >= 4 is 54.6 Å². The summed E-state index contributed by atoms with van der Waals surface area (Å²) >= 11 is 0. The first-order valence-corrected chi connectivity index (χ1v) is 14.7. The van der Waals surface area contributed by atoms with E-state index < -0.39 is 31.8 Å². The Labute approximate surface area is 230 Å². The van der Waals surface area contributed by atoms with Crippen molar-refractivity contribution in [2.24, 2.45) is 0 Å². The van der Waals surface area contributed by atoms with Gasteiger partial charge in [-0.15, -0.1) is 0 Å². The lowest BCUT2D eigenvalue weighted by Gasteiger charge is -2.24. The molecule has 0 bridgehead atoms. The van der Waals surface area contributed by atoms with E-state index >= 15 is 0 Å². The fraction of sp³-hybridized carbons (Fsp3) is 0.0714. The third-order valence-electron chi connectivity index (χ3n) is 6.57. The summed E-state index contributed by atoms with van der Waals surface area (Å²) in [5.74, 6) is -0.915. The first kappa shape index (κ1) is 27.2. The highest BCUT2D eigenvalue weighted by Crippen LogP contribution is 2.39. The van der Waals surface area contributed by atoms with E-state index in [2.05, 4.69) is 10.6 Å². The predicted octanol–water partition coefficient (Wildman–Crippen LogP) is 5.06. The van der Waals surface area contributed by atoms with Crippen molar-refractivity contribution in [2.45, 2.75) is 23.6 Å². The Morgan fingerprint density at radius 3 is 1.30 bits per heavy atom. The maximum absolute atomic E-state index is 13.7. The molecule has 0 amide bonds. The first-order valence-electron chi connectivity index (χ1n) is 11.8. The summed E-state index contributed by atoms with van der Waals surface area (Å²) in [6.07, 6.45) is 0. The van der Waals surface area contributed by atoms with E-state index in [1.54, 1.807) is 24.3 Å². The van der Waals surface area contributed by atoms with Gasteiger partial charge in [-0.3, -0.25) is 18.7 Å². The van der Waals surface area contributed by atoms with Crippen molar-refractivity contribution in [3.63, 3.8) is 0 Å². The van der Waals surface area contributed by atoms with Crippen LogP contribution in [0.4, 0.5) is 22.7 Å². The van der Waals surface area contributed by atoms with Gasteiger partial charge in [0, 0.05) is 22.5 Å². The Morgan fingerprint density at radius 2 is 0.950 bits per heavy atom. The van der Waals surface area contributed by atoms with Gasteiger partial charge in [-0.05, 0) is 61.4 Å². The topological polar surface area (TPSA) is 167 Å². The van der Waals surface area contributed by atoms with E-state index in [0.717, 1.165) is 0 Å². The number of carbonyl (C=O) groups excluding carboxylic acids is 2. The summed E-state index contributed by atoms with van der Waals surface area (Å²) in [5, 5.41) is 5.98. The van der Waals surface area contributed by atoms with Crippen molar-refractivity contribution in [2.75, 3.05) is 10.6 Å². The van der Waals surface area contributed by atoms with Gasteiger partial charge in [-0.2, -0.15) is 16.8 Å². The molecule has 0 heterocycles. The molecule has 0 unspecified atom stereocenters. The summed E-state index contributed by atoms with van der Waals surface area (Å²) in [6.45, 7) is 3.04. The van der Waals surface area contributed by atoms with Crippen LogP contribution in [0.2, 0.25) is 0 Å². The molecule has 0 atom stereocenters. The van der Waals surface area contributed by atoms with Crippen LogP contribution in [0.5, 0.6) is 0 Å². The zero-order valence-electron chi connectivity index (χ0n) is 21.1. The third-order valence-corrected chi connectivity index (χ3v) is 8.56. The SMILES string of the molecule is Cc1ccc(Nc2ccc(Nc3ccc(C)c(S(=O)(=O)O)c3)c3c2C(=O)c2ccccc2C3=O)cc1S(=O)(=O)O. The van der Waals surface area contributed by atoms with Gasteiger partial charge in [0.1, 0.15) is 0 Å². The normalized spacial score (nSPS) is 13.0. The van der Waals surface area contributed by atoms with E-state index in [4.69, 9.17) is 0 Å². The maximum Gasteiger partial charge on any atom is 0.294 e. The van der Waals surface area contributed by atoms with Crippen LogP contribution in [0.15, 0.2) is 82.6 Å². The van der Waals surface area contributed by atoms with Gasteiger partial charge in [0.05, 0.1) is 32.3 Å². The predicted molar refractivity (Wildman–Crippen MR) is 148 cm³/mol. The zero-order chi connectivity index (χ0) is 29.0. The lowest BCUT2D eigenvalue weighted by molar-refractivity contribution is 0.0980. The molecular weight excluding hydrogens is 556 g/mol. The Balaban J connectivity index is 1.67. The molecule has 0 saturated heterocycles. The van der Waals surface area contributed by atoms with Crippen LogP contribution in [0.1, 0.15) is 43.0 Å². The van der Waals surface area contributed by atoms with Gasteiger partial charge in [0.25, 0.3) is 20.2 Å².